The zero-order chi connectivity index (χ0) is 29.6. The minimum absolute atomic E-state index is 0.120. The lowest BCUT2D eigenvalue weighted by atomic mass is 10.1. The highest BCUT2D eigenvalue weighted by molar-refractivity contribution is 5.69. The molecule has 1 heterocycles. The highest BCUT2D eigenvalue weighted by Crippen LogP contribution is 2.25. The van der Waals surface area contributed by atoms with Crippen molar-refractivity contribution in [2.75, 3.05) is 13.2 Å². The molecule has 0 radical (unpaired) electrons. The van der Waals surface area contributed by atoms with E-state index in [0.717, 1.165) is 16.7 Å². The van der Waals surface area contributed by atoms with Crippen LogP contribution in [0.1, 0.15) is 43.4 Å². The van der Waals surface area contributed by atoms with Crippen LogP contribution in [-0.4, -0.2) is 49.4 Å². The van der Waals surface area contributed by atoms with Gasteiger partial charge in [0.15, 0.2) is 11.9 Å². The number of ether oxygens (including phenoxy) is 6. The van der Waals surface area contributed by atoms with Gasteiger partial charge >= 0.3 is 5.97 Å². The first-order valence-electron chi connectivity index (χ1n) is 14.5. The van der Waals surface area contributed by atoms with Crippen LogP contribution in [0.5, 0.6) is 0 Å². The van der Waals surface area contributed by atoms with E-state index in [1.165, 1.54) is 0 Å². The van der Waals surface area contributed by atoms with Gasteiger partial charge in [-0.25, -0.2) is 0 Å². The molecule has 0 bridgehead atoms. The van der Waals surface area contributed by atoms with Gasteiger partial charge in [0, 0.05) is 6.42 Å². The molecule has 1 aliphatic heterocycles. The van der Waals surface area contributed by atoms with E-state index in [4.69, 9.17) is 28.4 Å². The lowest BCUT2D eigenvalue weighted by molar-refractivity contribution is -0.177. The van der Waals surface area contributed by atoms with Gasteiger partial charge in [-0.15, -0.1) is 6.58 Å². The van der Waals surface area contributed by atoms with Crippen molar-refractivity contribution in [1.29, 1.82) is 0 Å². The summed E-state index contributed by atoms with van der Waals surface area (Å²) >= 11 is 0. The van der Waals surface area contributed by atoms with Gasteiger partial charge in [-0.3, -0.25) is 4.79 Å². The van der Waals surface area contributed by atoms with E-state index in [1.807, 2.05) is 105 Å². The number of esters is 1. The maximum Gasteiger partial charge on any atom is 0.306 e. The summed E-state index contributed by atoms with van der Waals surface area (Å²) in [6.07, 6.45) is 0.207. The molecule has 7 nitrogen and oxygen atoms in total. The molecule has 0 N–H and O–H groups in total. The van der Waals surface area contributed by atoms with Crippen molar-refractivity contribution in [1.82, 2.24) is 0 Å². The SMILES string of the molecule is C=C[C@@H](OCc1ccccc1)[C@H](OCc1ccccc1)[C@@H](COCc1ccccc1)OC(=O)CC[C@@H]1COC(C)(C)O1. The lowest BCUT2D eigenvalue weighted by Crippen LogP contribution is -2.45. The van der Waals surface area contributed by atoms with Crippen molar-refractivity contribution < 1.29 is 33.2 Å². The predicted molar refractivity (Wildman–Crippen MR) is 160 cm³/mol. The molecule has 1 fully saturated rings. The second kappa shape index (κ2) is 16.3. The highest BCUT2D eigenvalue weighted by Gasteiger charge is 2.35. The van der Waals surface area contributed by atoms with Crippen LogP contribution >= 0.6 is 0 Å². The minimum atomic E-state index is -0.749. The third-order valence-corrected chi connectivity index (χ3v) is 6.91. The molecular weight excluding hydrogens is 532 g/mol. The summed E-state index contributed by atoms with van der Waals surface area (Å²) in [7, 11) is 0. The Morgan fingerprint density at radius 3 is 1.95 bits per heavy atom. The number of rotatable bonds is 17. The van der Waals surface area contributed by atoms with Crippen LogP contribution in [0.15, 0.2) is 104 Å². The number of carbonyl (C=O) groups is 1. The van der Waals surface area contributed by atoms with Crippen LogP contribution in [0.3, 0.4) is 0 Å². The van der Waals surface area contributed by atoms with Gasteiger partial charge in [-0.1, -0.05) is 97.1 Å². The molecule has 4 rings (SSSR count). The predicted octanol–water partition coefficient (Wildman–Crippen LogP) is 6.40. The van der Waals surface area contributed by atoms with Gasteiger partial charge < -0.3 is 28.4 Å². The van der Waals surface area contributed by atoms with Gasteiger partial charge in [0.05, 0.1) is 39.1 Å². The summed E-state index contributed by atoms with van der Waals surface area (Å²) < 4.78 is 36.4. The molecule has 224 valence electrons. The van der Waals surface area contributed by atoms with Crippen molar-refractivity contribution in [3.05, 3.63) is 120 Å². The minimum Gasteiger partial charge on any atom is -0.457 e. The summed E-state index contributed by atoms with van der Waals surface area (Å²) in [4.78, 5) is 13.2. The van der Waals surface area contributed by atoms with E-state index >= 15 is 0 Å². The van der Waals surface area contributed by atoms with Crippen LogP contribution in [0, 0.1) is 0 Å². The fourth-order valence-electron chi connectivity index (χ4n) is 4.72. The van der Waals surface area contributed by atoms with E-state index in [-0.39, 0.29) is 25.1 Å². The van der Waals surface area contributed by atoms with Crippen molar-refractivity contribution in [2.45, 2.75) is 76.7 Å². The Balaban J connectivity index is 1.48. The van der Waals surface area contributed by atoms with Gasteiger partial charge in [-0.2, -0.15) is 0 Å². The number of hydrogen-bond donors (Lipinski definition) is 0. The molecular formula is C35H42O7. The summed E-state index contributed by atoms with van der Waals surface area (Å²) in [6.45, 7) is 9.34. The van der Waals surface area contributed by atoms with E-state index in [1.54, 1.807) is 6.08 Å². The zero-order valence-corrected chi connectivity index (χ0v) is 24.6. The van der Waals surface area contributed by atoms with Crippen molar-refractivity contribution in [2.24, 2.45) is 0 Å². The molecule has 0 unspecified atom stereocenters. The summed E-state index contributed by atoms with van der Waals surface area (Å²) in [5, 5.41) is 0. The standard InChI is InChI=1S/C35H42O7/c1-4-31(38-23-28-16-10-6-11-17-28)34(39-24-29-18-12-7-13-19-29)32(26-37-22-27-14-8-5-9-15-27)41-33(36)21-20-30-25-40-35(2,3)42-30/h4-19,30-32,34H,1,20-26H2,2-3H3/t30-,31-,32-,34+/m1/s1. The largest absolute Gasteiger partial charge is 0.457 e. The molecule has 1 aliphatic rings. The second-order valence-electron chi connectivity index (χ2n) is 10.8. The Morgan fingerprint density at radius 2 is 1.43 bits per heavy atom. The smallest absolute Gasteiger partial charge is 0.306 e. The Kier molecular flexibility index (Phi) is 12.3. The molecule has 4 atom stereocenters. The molecule has 0 saturated carbocycles. The maximum atomic E-state index is 13.2. The van der Waals surface area contributed by atoms with Crippen LogP contribution < -0.4 is 0 Å². The molecule has 1 saturated heterocycles. The van der Waals surface area contributed by atoms with Gasteiger partial charge in [0.2, 0.25) is 0 Å². The molecule has 42 heavy (non-hydrogen) atoms. The van der Waals surface area contributed by atoms with Gasteiger partial charge in [0.25, 0.3) is 0 Å². The molecule has 0 aromatic heterocycles. The van der Waals surface area contributed by atoms with Crippen LogP contribution in [0.25, 0.3) is 0 Å². The van der Waals surface area contributed by atoms with Gasteiger partial charge in [-0.05, 0) is 37.0 Å². The highest BCUT2D eigenvalue weighted by atomic mass is 16.7. The van der Waals surface area contributed by atoms with E-state index in [0.29, 0.717) is 32.8 Å². The average molecular weight is 575 g/mol. The third-order valence-electron chi connectivity index (χ3n) is 6.91. The molecule has 0 amide bonds. The maximum absolute atomic E-state index is 13.2. The van der Waals surface area contributed by atoms with E-state index in [2.05, 4.69) is 6.58 Å². The van der Waals surface area contributed by atoms with Crippen LogP contribution in [0.2, 0.25) is 0 Å². The normalized spacial score (nSPS) is 18.2. The number of benzene rings is 3. The molecule has 3 aromatic carbocycles. The van der Waals surface area contributed by atoms with Crippen molar-refractivity contribution in [3.8, 4) is 0 Å². The molecule has 3 aromatic rings. The number of hydrogen-bond acceptors (Lipinski definition) is 7. The fraction of sp³-hybridized carbons (Fsp3) is 0.400. The quantitative estimate of drug-likeness (QED) is 0.136. The molecule has 0 spiro atoms. The van der Waals surface area contributed by atoms with Crippen molar-refractivity contribution >= 4 is 5.97 Å². The Labute approximate surface area is 249 Å². The average Bonchev–Trinajstić information content (AvgIpc) is 3.37. The fourth-order valence-corrected chi connectivity index (χ4v) is 4.72. The van der Waals surface area contributed by atoms with Crippen LogP contribution in [0.4, 0.5) is 0 Å². The number of carbonyl (C=O) groups excluding carboxylic acids is 1. The topological polar surface area (TPSA) is 72.5 Å². The van der Waals surface area contributed by atoms with Gasteiger partial charge in [0.1, 0.15) is 12.2 Å². The summed E-state index contributed by atoms with van der Waals surface area (Å²) in [5.74, 6) is -1.01. The third kappa shape index (κ3) is 10.5. The van der Waals surface area contributed by atoms with Crippen molar-refractivity contribution in [3.63, 3.8) is 0 Å². The molecule has 0 aliphatic carbocycles. The lowest BCUT2D eigenvalue weighted by Gasteiger charge is -2.32. The van der Waals surface area contributed by atoms with E-state index < -0.39 is 24.1 Å². The van der Waals surface area contributed by atoms with E-state index in [9.17, 15) is 4.79 Å². The summed E-state index contributed by atoms with van der Waals surface area (Å²) in [5.41, 5.74) is 3.03. The first-order chi connectivity index (χ1) is 20.4. The zero-order valence-electron chi connectivity index (χ0n) is 24.6. The Bertz CT molecular complexity index is 1200. The Morgan fingerprint density at radius 1 is 0.881 bits per heavy atom. The first-order valence-corrected chi connectivity index (χ1v) is 14.5. The second-order valence-corrected chi connectivity index (χ2v) is 10.8. The first kappa shape index (κ1) is 31.6. The summed E-state index contributed by atoms with van der Waals surface area (Å²) in [6, 6.07) is 29.6. The Hall–Kier alpha value is -3.33. The molecule has 7 heteroatoms. The van der Waals surface area contributed by atoms with Crippen LogP contribution in [-0.2, 0) is 53.0 Å². The monoisotopic (exact) mass is 574 g/mol.